The van der Waals surface area contributed by atoms with E-state index in [0.29, 0.717) is 6.42 Å². The van der Waals surface area contributed by atoms with Crippen LogP contribution in [0.3, 0.4) is 0 Å². The Balaban J connectivity index is 1.48. The zero-order chi connectivity index (χ0) is 36.9. The Kier molecular flexibility index (Phi) is 15.0. The minimum absolute atomic E-state index is 0.0481. The number of aromatic nitrogens is 1. The van der Waals surface area contributed by atoms with Crippen LogP contribution in [0.4, 0.5) is 14.0 Å². The highest BCUT2D eigenvalue weighted by molar-refractivity contribution is 7.10. The van der Waals surface area contributed by atoms with E-state index < -0.39 is 48.1 Å². The number of urea groups is 1. The highest BCUT2D eigenvalue weighted by Gasteiger charge is 2.31. The number of nitrogens with zero attached hydrogens (tertiary/aromatic N) is 2. The predicted molar refractivity (Wildman–Crippen MR) is 199 cm³/mol. The van der Waals surface area contributed by atoms with Crippen molar-refractivity contribution in [3.8, 4) is 0 Å². The summed E-state index contributed by atoms with van der Waals surface area (Å²) < 4.78 is 19.2. The largest absolute Gasteiger partial charge is 0.444 e. The molecule has 4 aromatic rings. The van der Waals surface area contributed by atoms with E-state index in [-0.39, 0.29) is 37.8 Å². The molecule has 10 nitrogen and oxygen atoms in total. The van der Waals surface area contributed by atoms with Crippen LogP contribution in [0.5, 0.6) is 0 Å². The summed E-state index contributed by atoms with van der Waals surface area (Å²) in [7, 11) is 1.65. The Morgan fingerprint density at radius 1 is 0.902 bits per heavy atom. The monoisotopic (exact) mass is 737 g/mol. The highest BCUT2D eigenvalue weighted by Crippen LogP contribution is 2.20. The minimum Gasteiger partial charge on any atom is -0.444 e. The van der Waals surface area contributed by atoms with E-state index in [2.05, 4.69) is 34.8 Å². The second kappa shape index (κ2) is 19.3. The predicted octanol–water partition coefficient (Wildman–Crippen LogP) is 6.65. The molecule has 4 rings (SSSR count). The van der Waals surface area contributed by atoms with Gasteiger partial charge in [0.15, 0.2) is 0 Å². The normalized spacial score (nSPS) is 13.7. The maximum Gasteiger partial charge on any atom is 0.407 e. The molecule has 0 saturated heterocycles. The average Bonchev–Trinajstić information content (AvgIpc) is 3.80. The quantitative estimate of drug-likeness (QED) is 0.0960. The summed E-state index contributed by atoms with van der Waals surface area (Å²) in [5, 5.41) is 25.2. The van der Waals surface area contributed by atoms with Gasteiger partial charge in [-0.3, -0.25) is 4.79 Å². The van der Waals surface area contributed by atoms with Crippen LogP contribution in [0.1, 0.15) is 66.7 Å². The van der Waals surface area contributed by atoms with Gasteiger partial charge in [0.1, 0.15) is 18.5 Å². The summed E-state index contributed by atoms with van der Waals surface area (Å²) in [6.45, 7) is 8.19. The number of nitrogens with one attached hydrogen (secondary N) is 3. The van der Waals surface area contributed by atoms with Crippen LogP contribution in [0.15, 0.2) is 77.5 Å². The molecular formula is C38H48FN5O5S2. The summed E-state index contributed by atoms with van der Waals surface area (Å²) in [4.78, 5) is 47.0. The van der Waals surface area contributed by atoms with E-state index in [4.69, 9.17) is 4.74 Å². The van der Waals surface area contributed by atoms with Gasteiger partial charge in [-0.2, -0.15) is 0 Å². The number of halogens is 1. The number of carbonyl (C=O) groups excluding carboxylic acids is 3. The summed E-state index contributed by atoms with van der Waals surface area (Å²) in [5.41, 5.74) is 2.41. The molecule has 4 atom stereocenters. The summed E-state index contributed by atoms with van der Waals surface area (Å²) in [5.74, 6) is -0.800. The second-order valence-corrected chi connectivity index (χ2v) is 15.2. The summed E-state index contributed by atoms with van der Waals surface area (Å²) in [6, 6.07) is 16.4. The van der Waals surface area contributed by atoms with Gasteiger partial charge in [-0.25, -0.2) is 19.0 Å². The third-order valence-electron chi connectivity index (χ3n) is 8.30. The average molecular weight is 738 g/mol. The van der Waals surface area contributed by atoms with Gasteiger partial charge in [0.2, 0.25) is 5.91 Å². The van der Waals surface area contributed by atoms with Crippen molar-refractivity contribution in [1.82, 2.24) is 25.8 Å². The lowest BCUT2D eigenvalue weighted by atomic mass is 9.93. The maximum absolute atomic E-state index is 13.9. The van der Waals surface area contributed by atoms with Crippen LogP contribution < -0.4 is 16.0 Å². The number of hydrogen-bond donors (Lipinski definition) is 4. The van der Waals surface area contributed by atoms with Gasteiger partial charge in [0.25, 0.3) is 0 Å². The molecule has 0 radical (unpaired) electrons. The number of benzene rings is 2. The summed E-state index contributed by atoms with van der Waals surface area (Å²) in [6.07, 6.45) is -1.16. The van der Waals surface area contributed by atoms with Gasteiger partial charge in [-0.1, -0.05) is 76.2 Å². The van der Waals surface area contributed by atoms with Crippen molar-refractivity contribution in [2.45, 2.75) is 90.3 Å². The molecule has 0 aliphatic rings. The number of carbonyl (C=O) groups is 3. The van der Waals surface area contributed by atoms with Gasteiger partial charge >= 0.3 is 12.1 Å². The topological polar surface area (TPSA) is 133 Å². The molecule has 0 unspecified atom stereocenters. The van der Waals surface area contributed by atoms with E-state index >= 15 is 0 Å². The molecule has 0 spiro atoms. The van der Waals surface area contributed by atoms with Gasteiger partial charge in [-0.15, -0.1) is 22.7 Å². The number of ether oxygens (including phenoxy) is 1. The van der Waals surface area contributed by atoms with E-state index in [1.165, 1.54) is 28.4 Å². The van der Waals surface area contributed by atoms with E-state index in [1.807, 2.05) is 67.1 Å². The third-order valence-corrected chi connectivity index (χ3v) is 10.3. The molecule has 2 heterocycles. The van der Waals surface area contributed by atoms with Crippen molar-refractivity contribution in [3.63, 3.8) is 0 Å². The molecule has 2 aromatic carbocycles. The van der Waals surface area contributed by atoms with Crippen LogP contribution >= 0.6 is 22.7 Å². The molecular weight excluding hydrogens is 690 g/mol. The Bertz CT molecular complexity index is 1670. The minimum atomic E-state index is -1.11. The van der Waals surface area contributed by atoms with Gasteiger partial charge in [-0.05, 0) is 59.9 Å². The second-order valence-electron chi connectivity index (χ2n) is 13.3. The van der Waals surface area contributed by atoms with Crippen LogP contribution in [-0.4, -0.2) is 64.3 Å². The van der Waals surface area contributed by atoms with E-state index in [1.54, 1.807) is 30.5 Å². The Morgan fingerprint density at radius 3 is 2.24 bits per heavy atom. The first-order valence-electron chi connectivity index (χ1n) is 17.1. The maximum atomic E-state index is 13.9. The van der Waals surface area contributed by atoms with Crippen molar-refractivity contribution in [2.75, 3.05) is 7.05 Å². The lowest BCUT2D eigenvalue weighted by Gasteiger charge is -2.30. The fourth-order valence-electron chi connectivity index (χ4n) is 5.47. The standard InChI is InChI=1S/C38H48FN5O5S2/c1-24(2)34(43-37(47)44(5)21-30-23-51-36(41-30)25(3)4)35(46)40-29(18-27-13-15-28(39)16-14-27)20-33(45)32(19-26-10-7-6-8-11-26)42-38(48)49-22-31-12-9-17-50-31/h6-17,23-25,29,32-34,45H,18-22H2,1-5H3,(H,40,46)(H,42,48)(H,43,47)/t29-,32-,33-,34-/m0/s1. The summed E-state index contributed by atoms with van der Waals surface area (Å²) >= 11 is 3.02. The first-order valence-corrected chi connectivity index (χ1v) is 18.8. The molecule has 4 amide bonds. The number of alkyl carbamates (subject to hydrolysis) is 1. The lowest BCUT2D eigenvalue weighted by molar-refractivity contribution is -0.124. The van der Waals surface area contributed by atoms with Crippen LogP contribution in [0, 0.1) is 11.7 Å². The number of thiophene rings is 1. The molecule has 0 aliphatic carbocycles. The van der Waals surface area contributed by atoms with Crippen molar-refractivity contribution in [3.05, 3.63) is 110 Å². The van der Waals surface area contributed by atoms with Crippen molar-refractivity contribution in [2.24, 2.45) is 5.92 Å². The van der Waals surface area contributed by atoms with Gasteiger partial charge in [0, 0.05) is 29.3 Å². The van der Waals surface area contributed by atoms with Crippen molar-refractivity contribution in [1.29, 1.82) is 0 Å². The molecule has 0 fully saturated rings. The fraction of sp³-hybridized carbons (Fsp3) is 0.421. The Labute approximate surface area is 307 Å². The van der Waals surface area contributed by atoms with Crippen LogP contribution in [0.25, 0.3) is 0 Å². The first kappa shape index (κ1) is 39.5. The van der Waals surface area contributed by atoms with E-state index in [9.17, 15) is 23.9 Å². The number of aliphatic hydroxyl groups excluding tert-OH is 1. The number of rotatable bonds is 17. The number of aliphatic hydroxyl groups is 1. The number of amides is 4. The molecule has 274 valence electrons. The molecule has 0 bridgehead atoms. The van der Waals surface area contributed by atoms with Crippen molar-refractivity contribution < 1.29 is 28.6 Å². The highest BCUT2D eigenvalue weighted by atomic mass is 32.1. The zero-order valence-electron chi connectivity index (χ0n) is 29.7. The van der Waals surface area contributed by atoms with Crippen molar-refractivity contribution >= 4 is 40.7 Å². The molecule has 4 N–H and O–H groups in total. The first-order chi connectivity index (χ1) is 24.4. The Morgan fingerprint density at radius 2 is 1.61 bits per heavy atom. The molecule has 2 aromatic heterocycles. The molecule has 51 heavy (non-hydrogen) atoms. The third kappa shape index (κ3) is 12.7. The molecule has 0 saturated carbocycles. The number of thiazole rings is 1. The number of hydrogen-bond acceptors (Lipinski definition) is 8. The zero-order valence-corrected chi connectivity index (χ0v) is 31.3. The van der Waals surface area contributed by atoms with Crippen LogP contribution in [-0.2, 0) is 35.5 Å². The smallest absolute Gasteiger partial charge is 0.407 e. The van der Waals surface area contributed by atoms with Crippen LogP contribution in [0.2, 0.25) is 0 Å². The van der Waals surface area contributed by atoms with E-state index in [0.717, 1.165) is 26.7 Å². The lowest BCUT2D eigenvalue weighted by Crippen LogP contribution is -2.55. The molecule has 13 heteroatoms. The van der Waals surface area contributed by atoms with Gasteiger partial charge < -0.3 is 30.7 Å². The fourth-order valence-corrected chi connectivity index (χ4v) is 6.92. The molecule has 0 aliphatic heterocycles. The Hall–Kier alpha value is -4.33. The SMILES string of the molecule is CC(C)c1nc(CN(C)C(=O)N[C@H](C(=O)N[C@@H](Cc2ccc(F)cc2)C[C@H](O)[C@H](Cc2ccccc2)NC(=O)OCc2cccs2)C(C)C)cs1. The van der Waals surface area contributed by atoms with Gasteiger partial charge in [0.05, 0.1) is 29.4 Å².